The summed E-state index contributed by atoms with van der Waals surface area (Å²) in [6.45, 7) is 5.29. The number of hydrogen-bond acceptors (Lipinski definition) is 2. The van der Waals surface area contributed by atoms with E-state index in [4.69, 9.17) is 0 Å². The van der Waals surface area contributed by atoms with E-state index in [-0.39, 0.29) is 0 Å². The molecule has 92 valence electrons. The van der Waals surface area contributed by atoms with Gasteiger partial charge in [0.25, 0.3) is 0 Å². The summed E-state index contributed by atoms with van der Waals surface area (Å²) < 4.78 is 0. The van der Waals surface area contributed by atoms with Crippen molar-refractivity contribution in [2.24, 2.45) is 5.92 Å². The van der Waals surface area contributed by atoms with Crippen LogP contribution in [-0.2, 0) is 4.79 Å². The van der Waals surface area contributed by atoms with E-state index in [1.807, 2.05) is 0 Å². The fourth-order valence-corrected chi connectivity index (χ4v) is 2.40. The molecule has 0 spiro atoms. The highest BCUT2D eigenvalue weighted by Gasteiger charge is 2.18. The van der Waals surface area contributed by atoms with Gasteiger partial charge in [-0.2, -0.15) is 0 Å². The molecule has 1 saturated carbocycles. The highest BCUT2D eigenvalue weighted by atomic mass is 16.1. The SMILES string of the molecule is Cc1cccc(NCC2CCC(=O)CC2)c1C. The minimum Gasteiger partial charge on any atom is -0.385 e. The third-order valence-electron chi connectivity index (χ3n) is 3.85. The molecule has 0 amide bonds. The van der Waals surface area contributed by atoms with Crippen LogP contribution < -0.4 is 5.32 Å². The van der Waals surface area contributed by atoms with E-state index < -0.39 is 0 Å². The molecule has 1 aromatic rings. The third kappa shape index (κ3) is 3.09. The first-order chi connectivity index (χ1) is 8.16. The van der Waals surface area contributed by atoms with Gasteiger partial charge in [-0.3, -0.25) is 4.79 Å². The first kappa shape index (κ1) is 12.2. The Labute approximate surface area is 103 Å². The average Bonchev–Trinajstić information content (AvgIpc) is 2.33. The largest absolute Gasteiger partial charge is 0.385 e. The van der Waals surface area contributed by atoms with Crippen LogP contribution in [0.2, 0.25) is 0 Å². The minimum absolute atomic E-state index is 0.438. The zero-order chi connectivity index (χ0) is 12.3. The fraction of sp³-hybridized carbons (Fsp3) is 0.533. The zero-order valence-corrected chi connectivity index (χ0v) is 10.8. The lowest BCUT2D eigenvalue weighted by Crippen LogP contribution is -2.21. The molecule has 0 bridgehead atoms. The highest BCUT2D eigenvalue weighted by molar-refractivity contribution is 5.79. The van der Waals surface area contributed by atoms with E-state index in [9.17, 15) is 4.79 Å². The van der Waals surface area contributed by atoms with E-state index in [1.165, 1.54) is 16.8 Å². The maximum atomic E-state index is 11.2. The number of carbonyl (C=O) groups is 1. The second kappa shape index (κ2) is 5.35. The van der Waals surface area contributed by atoms with Gasteiger partial charge < -0.3 is 5.32 Å². The molecule has 1 aliphatic rings. The number of rotatable bonds is 3. The van der Waals surface area contributed by atoms with Crippen LogP contribution >= 0.6 is 0 Å². The summed E-state index contributed by atoms with van der Waals surface area (Å²) in [7, 11) is 0. The molecule has 2 heteroatoms. The standard InChI is InChI=1S/C15H21NO/c1-11-4-3-5-15(12(11)2)16-10-13-6-8-14(17)9-7-13/h3-5,13,16H,6-10H2,1-2H3. The molecule has 1 fully saturated rings. The molecule has 1 aliphatic carbocycles. The highest BCUT2D eigenvalue weighted by Crippen LogP contribution is 2.23. The Morgan fingerprint density at radius 2 is 1.94 bits per heavy atom. The van der Waals surface area contributed by atoms with Crippen molar-refractivity contribution in [3.05, 3.63) is 29.3 Å². The molecule has 0 aliphatic heterocycles. The molecular weight excluding hydrogens is 210 g/mol. The van der Waals surface area contributed by atoms with Gasteiger partial charge in [-0.25, -0.2) is 0 Å². The second-order valence-corrected chi connectivity index (χ2v) is 5.11. The molecule has 17 heavy (non-hydrogen) atoms. The van der Waals surface area contributed by atoms with Crippen LogP contribution in [0.3, 0.4) is 0 Å². The summed E-state index contributed by atoms with van der Waals surface area (Å²) >= 11 is 0. The summed E-state index contributed by atoms with van der Waals surface area (Å²) in [5.41, 5.74) is 3.90. The minimum atomic E-state index is 0.438. The number of Topliss-reactive ketones (excluding diaryl/α,β-unsaturated/α-hetero) is 1. The monoisotopic (exact) mass is 231 g/mol. The smallest absolute Gasteiger partial charge is 0.132 e. The summed E-state index contributed by atoms with van der Waals surface area (Å²) in [5.74, 6) is 1.10. The van der Waals surface area contributed by atoms with Crippen LogP contribution in [0.5, 0.6) is 0 Å². The van der Waals surface area contributed by atoms with E-state index in [0.717, 1.165) is 32.2 Å². The van der Waals surface area contributed by atoms with E-state index in [0.29, 0.717) is 11.7 Å². The van der Waals surface area contributed by atoms with E-state index in [2.05, 4.69) is 37.4 Å². The molecular formula is C15H21NO. The molecule has 0 heterocycles. The van der Waals surface area contributed by atoms with Crippen molar-refractivity contribution in [2.45, 2.75) is 39.5 Å². The van der Waals surface area contributed by atoms with Gasteiger partial charge >= 0.3 is 0 Å². The number of hydrogen-bond donors (Lipinski definition) is 1. The molecule has 0 atom stereocenters. The van der Waals surface area contributed by atoms with Gasteiger partial charge in [-0.05, 0) is 49.8 Å². The molecule has 2 nitrogen and oxygen atoms in total. The molecule has 0 aromatic heterocycles. The van der Waals surface area contributed by atoms with E-state index >= 15 is 0 Å². The fourth-order valence-electron chi connectivity index (χ4n) is 2.40. The molecule has 0 saturated heterocycles. The topological polar surface area (TPSA) is 29.1 Å². The van der Waals surface area contributed by atoms with Crippen molar-refractivity contribution in [1.82, 2.24) is 0 Å². The Hall–Kier alpha value is -1.31. The van der Waals surface area contributed by atoms with Gasteiger partial charge in [-0.1, -0.05) is 12.1 Å². The van der Waals surface area contributed by atoms with E-state index in [1.54, 1.807) is 0 Å². The predicted molar refractivity (Wildman–Crippen MR) is 71.4 cm³/mol. The lowest BCUT2D eigenvalue weighted by Gasteiger charge is -2.22. The molecule has 0 radical (unpaired) electrons. The normalized spacial score (nSPS) is 17.2. The zero-order valence-electron chi connectivity index (χ0n) is 10.8. The molecule has 1 aromatic carbocycles. The van der Waals surface area contributed by atoms with Gasteiger partial charge in [0.1, 0.15) is 5.78 Å². The number of carbonyl (C=O) groups excluding carboxylic acids is 1. The number of nitrogens with one attached hydrogen (secondary N) is 1. The van der Waals surface area contributed by atoms with Gasteiger partial charge in [-0.15, -0.1) is 0 Å². The van der Waals surface area contributed by atoms with Gasteiger partial charge in [0.2, 0.25) is 0 Å². The average molecular weight is 231 g/mol. The molecule has 2 rings (SSSR count). The van der Waals surface area contributed by atoms with Crippen molar-refractivity contribution in [3.8, 4) is 0 Å². The maximum Gasteiger partial charge on any atom is 0.132 e. The van der Waals surface area contributed by atoms with Gasteiger partial charge in [0.05, 0.1) is 0 Å². The number of anilines is 1. The Morgan fingerprint density at radius 1 is 1.24 bits per heavy atom. The first-order valence-electron chi connectivity index (χ1n) is 6.48. The van der Waals surface area contributed by atoms with Crippen molar-refractivity contribution in [2.75, 3.05) is 11.9 Å². The Balaban J connectivity index is 1.89. The van der Waals surface area contributed by atoms with Crippen LogP contribution in [0, 0.1) is 19.8 Å². The number of aryl methyl sites for hydroxylation is 1. The van der Waals surface area contributed by atoms with Crippen molar-refractivity contribution >= 4 is 11.5 Å². The Morgan fingerprint density at radius 3 is 2.65 bits per heavy atom. The predicted octanol–water partition coefficient (Wildman–Crippen LogP) is 3.47. The summed E-state index contributed by atoms with van der Waals surface area (Å²) in [4.78, 5) is 11.2. The third-order valence-corrected chi connectivity index (χ3v) is 3.85. The number of benzene rings is 1. The van der Waals surface area contributed by atoms with Gasteiger partial charge in [0, 0.05) is 25.1 Å². The summed E-state index contributed by atoms with van der Waals surface area (Å²) in [6.07, 6.45) is 3.66. The summed E-state index contributed by atoms with van der Waals surface area (Å²) in [5, 5.41) is 3.53. The summed E-state index contributed by atoms with van der Waals surface area (Å²) in [6, 6.07) is 6.37. The quantitative estimate of drug-likeness (QED) is 0.863. The van der Waals surface area contributed by atoms with Gasteiger partial charge in [0.15, 0.2) is 0 Å². The van der Waals surface area contributed by atoms with Crippen LogP contribution in [-0.4, -0.2) is 12.3 Å². The first-order valence-corrected chi connectivity index (χ1v) is 6.48. The lowest BCUT2D eigenvalue weighted by molar-refractivity contribution is -0.120. The van der Waals surface area contributed by atoms with Crippen LogP contribution in [0.15, 0.2) is 18.2 Å². The van der Waals surface area contributed by atoms with Crippen LogP contribution in [0.4, 0.5) is 5.69 Å². The van der Waals surface area contributed by atoms with Crippen LogP contribution in [0.1, 0.15) is 36.8 Å². The Kier molecular flexibility index (Phi) is 3.82. The molecule has 0 unspecified atom stereocenters. The van der Waals surface area contributed by atoms with Crippen molar-refractivity contribution < 1.29 is 4.79 Å². The maximum absolute atomic E-state index is 11.2. The van der Waals surface area contributed by atoms with Crippen molar-refractivity contribution in [3.63, 3.8) is 0 Å². The number of ketones is 1. The second-order valence-electron chi connectivity index (χ2n) is 5.11. The Bertz CT molecular complexity index is 401. The van der Waals surface area contributed by atoms with Crippen molar-refractivity contribution in [1.29, 1.82) is 0 Å². The lowest BCUT2D eigenvalue weighted by atomic mass is 9.88. The molecule has 1 N–H and O–H groups in total. The van der Waals surface area contributed by atoms with Crippen LogP contribution in [0.25, 0.3) is 0 Å².